The third-order valence-electron chi connectivity index (χ3n) is 4.66. The van der Waals surface area contributed by atoms with E-state index in [1.165, 1.54) is 11.8 Å². The molecule has 3 rings (SSSR count). The van der Waals surface area contributed by atoms with Crippen LogP contribution in [0, 0.1) is 0 Å². The number of benzene rings is 1. The third-order valence-corrected chi connectivity index (χ3v) is 4.66. The van der Waals surface area contributed by atoms with Gasteiger partial charge < -0.3 is 15.2 Å². The van der Waals surface area contributed by atoms with E-state index in [9.17, 15) is 19.1 Å². The molecule has 1 aliphatic heterocycles. The Kier molecular flexibility index (Phi) is 5.08. The van der Waals surface area contributed by atoms with E-state index in [-0.39, 0.29) is 25.4 Å². The number of amides is 2. The van der Waals surface area contributed by atoms with Crippen LogP contribution in [-0.4, -0.2) is 53.3 Å². The van der Waals surface area contributed by atoms with Gasteiger partial charge in [0.05, 0.1) is 25.2 Å². The lowest BCUT2D eigenvalue weighted by molar-refractivity contribution is -0.119. The normalized spacial score (nSPS) is 25.4. The quantitative estimate of drug-likeness (QED) is 0.842. The first kappa shape index (κ1) is 18.1. The molecule has 0 aromatic heterocycles. The number of aliphatic hydroxyl groups is 1. The lowest BCUT2D eigenvalue weighted by atomic mass is 9.85. The summed E-state index contributed by atoms with van der Waals surface area (Å²) in [6.07, 6.45) is 1.95. The molecular weight excluding hydrogens is 339 g/mol. The van der Waals surface area contributed by atoms with E-state index < -0.39 is 30.2 Å². The average Bonchev–Trinajstić information content (AvgIpc) is 3.02. The van der Waals surface area contributed by atoms with Gasteiger partial charge in [-0.15, -0.1) is 0 Å². The standard InChI is InChI=1S/C19H21FN2O4/c1-13(24)21-10-15-11-22(18(25)26-15)19(12-23)8-7-16(17(20)9-19)14-5-3-2-4-6-14/h2-8,15,23H,9-12H2,1H3,(H,21,24). The molecule has 6 nitrogen and oxygen atoms in total. The largest absolute Gasteiger partial charge is 0.442 e. The van der Waals surface area contributed by atoms with E-state index in [1.807, 2.05) is 18.2 Å². The van der Waals surface area contributed by atoms with Crippen molar-refractivity contribution in [2.45, 2.75) is 25.0 Å². The van der Waals surface area contributed by atoms with Crippen LogP contribution < -0.4 is 5.32 Å². The van der Waals surface area contributed by atoms with Gasteiger partial charge in [-0.2, -0.15) is 0 Å². The van der Waals surface area contributed by atoms with Gasteiger partial charge in [-0.05, 0) is 5.56 Å². The fraction of sp³-hybridized carbons (Fsp3) is 0.368. The molecular formula is C19H21FN2O4. The summed E-state index contributed by atoms with van der Waals surface area (Å²) in [7, 11) is 0. The third kappa shape index (κ3) is 3.48. The molecule has 1 aromatic rings. The second-order valence-electron chi connectivity index (χ2n) is 6.51. The zero-order chi connectivity index (χ0) is 18.7. The van der Waals surface area contributed by atoms with E-state index >= 15 is 0 Å². The van der Waals surface area contributed by atoms with Crippen LogP contribution in [0.15, 0.2) is 48.3 Å². The van der Waals surface area contributed by atoms with Crippen LogP contribution in [-0.2, 0) is 9.53 Å². The average molecular weight is 360 g/mol. The summed E-state index contributed by atoms with van der Waals surface area (Å²) in [6.45, 7) is 1.29. The molecule has 2 unspecified atom stereocenters. The van der Waals surface area contributed by atoms with Crippen molar-refractivity contribution in [1.82, 2.24) is 10.2 Å². The number of halogens is 1. The molecule has 2 N–H and O–H groups in total. The van der Waals surface area contributed by atoms with E-state index in [1.54, 1.807) is 24.3 Å². The number of hydrogen-bond acceptors (Lipinski definition) is 4. The Morgan fingerprint density at radius 2 is 2.15 bits per heavy atom. The Bertz CT molecular complexity index is 762. The van der Waals surface area contributed by atoms with Gasteiger partial charge in [0.15, 0.2) is 0 Å². The van der Waals surface area contributed by atoms with Crippen LogP contribution in [0.2, 0.25) is 0 Å². The number of aliphatic hydroxyl groups excluding tert-OH is 1. The lowest BCUT2D eigenvalue weighted by Gasteiger charge is -2.38. The van der Waals surface area contributed by atoms with Crippen molar-refractivity contribution in [2.75, 3.05) is 19.7 Å². The Morgan fingerprint density at radius 3 is 2.77 bits per heavy atom. The first-order valence-electron chi connectivity index (χ1n) is 8.42. The summed E-state index contributed by atoms with van der Waals surface area (Å²) in [6, 6.07) is 9.10. The van der Waals surface area contributed by atoms with Crippen molar-refractivity contribution in [3.05, 3.63) is 53.9 Å². The van der Waals surface area contributed by atoms with Crippen molar-refractivity contribution in [3.63, 3.8) is 0 Å². The molecule has 0 radical (unpaired) electrons. The summed E-state index contributed by atoms with van der Waals surface area (Å²) in [5, 5.41) is 12.5. The first-order chi connectivity index (χ1) is 12.4. The second kappa shape index (κ2) is 7.29. The number of carbonyl (C=O) groups is 2. The maximum absolute atomic E-state index is 14.8. The topological polar surface area (TPSA) is 78.9 Å². The number of cyclic esters (lactones) is 1. The smallest absolute Gasteiger partial charge is 0.411 e. The van der Waals surface area contributed by atoms with E-state index in [0.717, 1.165) is 5.56 Å². The van der Waals surface area contributed by atoms with Gasteiger partial charge in [0.1, 0.15) is 11.9 Å². The summed E-state index contributed by atoms with van der Waals surface area (Å²) in [5.41, 5.74) is -0.0119. The minimum atomic E-state index is -1.19. The minimum Gasteiger partial charge on any atom is -0.442 e. The van der Waals surface area contributed by atoms with Gasteiger partial charge >= 0.3 is 6.09 Å². The molecule has 0 bridgehead atoms. The Labute approximate surface area is 150 Å². The summed E-state index contributed by atoms with van der Waals surface area (Å²) in [4.78, 5) is 24.6. The minimum absolute atomic E-state index is 0.133. The highest BCUT2D eigenvalue weighted by Crippen LogP contribution is 2.38. The Balaban J connectivity index is 1.79. The van der Waals surface area contributed by atoms with Crippen LogP contribution in [0.3, 0.4) is 0 Å². The maximum Gasteiger partial charge on any atom is 0.411 e. The number of nitrogens with one attached hydrogen (secondary N) is 1. The van der Waals surface area contributed by atoms with Crippen LogP contribution in [0.1, 0.15) is 18.9 Å². The zero-order valence-corrected chi connectivity index (χ0v) is 14.4. The van der Waals surface area contributed by atoms with Gasteiger partial charge in [0.25, 0.3) is 0 Å². The first-order valence-corrected chi connectivity index (χ1v) is 8.42. The Hall–Kier alpha value is -2.67. The molecule has 1 saturated heterocycles. The highest BCUT2D eigenvalue weighted by atomic mass is 19.1. The van der Waals surface area contributed by atoms with Gasteiger partial charge in [-0.3, -0.25) is 9.69 Å². The number of allylic oxidation sites excluding steroid dienone is 2. The molecule has 7 heteroatoms. The summed E-state index contributed by atoms with van der Waals surface area (Å²) < 4.78 is 20.1. The van der Waals surface area contributed by atoms with E-state index in [2.05, 4.69) is 5.32 Å². The van der Waals surface area contributed by atoms with Gasteiger partial charge in [-0.25, -0.2) is 9.18 Å². The molecule has 1 heterocycles. The van der Waals surface area contributed by atoms with E-state index in [4.69, 9.17) is 4.74 Å². The molecule has 2 atom stereocenters. The molecule has 2 aliphatic rings. The predicted molar refractivity (Wildman–Crippen MR) is 93.7 cm³/mol. The number of hydrogen-bond donors (Lipinski definition) is 2. The molecule has 1 fully saturated rings. The fourth-order valence-electron chi connectivity index (χ4n) is 3.25. The summed E-state index contributed by atoms with van der Waals surface area (Å²) >= 11 is 0. The van der Waals surface area contributed by atoms with Crippen LogP contribution >= 0.6 is 0 Å². The number of ether oxygens (including phenoxy) is 1. The van der Waals surface area contributed by atoms with Crippen molar-refractivity contribution in [1.29, 1.82) is 0 Å². The predicted octanol–water partition coefficient (Wildman–Crippen LogP) is 2.02. The molecule has 0 spiro atoms. The number of rotatable bonds is 5. The van der Waals surface area contributed by atoms with Crippen LogP contribution in [0.25, 0.3) is 5.57 Å². The van der Waals surface area contributed by atoms with Crippen LogP contribution in [0.4, 0.5) is 9.18 Å². The molecule has 138 valence electrons. The van der Waals surface area contributed by atoms with Crippen molar-refractivity contribution < 1.29 is 23.8 Å². The highest BCUT2D eigenvalue weighted by molar-refractivity contribution is 5.79. The van der Waals surface area contributed by atoms with Crippen molar-refractivity contribution in [2.24, 2.45) is 0 Å². The Morgan fingerprint density at radius 1 is 1.42 bits per heavy atom. The maximum atomic E-state index is 14.8. The number of carbonyl (C=O) groups excluding carboxylic acids is 2. The molecule has 26 heavy (non-hydrogen) atoms. The van der Waals surface area contributed by atoms with Crippen molar-refractivity contribution >= 4 is 17.6 Å². The molecule has 1 aliphatic carbocycles. The van der Waals surface area contributed by atoms with Gasteiger partial charge in [-0.1, -0.05) is 42.5 Å². The zero-order valence-electron chi connectivity index (χ0n) is 14.4. The van der Waals surface area contributed by atoms with Gasteiger partial charge in [0.2, 0.25) is 5.91 Å². The molecule has 2 amide bonds. The molecule has 0 saturated carbocycles. The SMILES string of the molecule is CC(=O)NCC1CN(C2(CO)C=CC(c3ccccc3)=C(F)C2)C(=O)O1. The van der Waals surface area contributed by atoms with Gasteiger partial charge in [0, 0.05) is 18.9 Å². The van der Waals surface area contributed by atoms with Crippen LogP contribution in [0.5, 0.6) is 0 Å². The van der Waals surface area contributed by atoms with Crippen molar-refractivity contribution in [3.8, 4) is 0 Å². The fourth-order valence-corrected chi connectivity index (χ4v) is 3.25. The lowest BCUT2D eigenvalue weighted by Crippen LogP contribution is -2.52. The highest BCUT2D eigenvalue weighted by Gasteiger charge is 2.46. The monoisotopic (exact) mass is 360 g/mol. The number of nitrogens with zero attached hydrogens (tertiary/aromatic N) is 1. The second-order valence-corrected chi connectivity index (χ2v) is 6.51. The summed E-state index contributed by atoms with van der Waals surface area (Å²) in [5.74, 6) is -0.624. The molecule has 1 aromatic carbocycles. The van der Waals surface area contributed by atoms with E-state index in [0.29, 0.717) is 5.57 Å².